The van der Waals surface area contributed by atoms with E-state index in [2.05, 4.69) is 6.07 Å². The van der Waals surface area contributed by atoms with Crippen LogP contribution in [0.3, 0.4) is 0 Å². The highest BCUT2D eigenvalue weighted by Crippen LogP contribution is 2.62. The van der Waals surface area contributed by atoms with Gasteiger partial charge in [-0.25, -0.2) is 4.39 Å². The van der Waals surface area contributed by atoms with Crippen LogP contribution in [0, 0.1) is 46.2 Å². The molecule has 0 spiro atoms. The van der Waals surface area contributed by atoms with E-state index in [1.807, 2.05) is 0 Å². The number of benzene rings is 1. The fourth-order valence-electron chi connectivity index (χ4n) is 7.76. The van der Waals surface area contributed by atoms with Crippen molar-refractivity contribution >= 4 is 5.91 Å². The van der Waals surface area contributed by atoms with Crippen LogP contribution >= 0.6 is 0 Å². The molecule has 5 saturated carbocycles. The lowest BCUT2D eigenvalue weighted by molar-refractivity contribution is -0.0943. The minimum Gasteiger partial charge on any atom is -0.491 e. The summed E-state index contributed by atoms with van der Waals surface area (Å²) in [6.45, 7) is 0.669. The van der Waals surface area contributed by atoms with E-state index in [0.717, 1.165) is 55.9 Å². The lowest BCUT2D eigenvalue weighted by atomic mass is 9.46. The summed E-state index contributed by atoms with van der Waals surface area (Å²) in [4.78, 5) is 14.5. The van der Waals surface area contributed by atoms with Crippen molar-refractivity contribution in [3.05, 3.63) is 29.1 Å². The van der Waals surface area contributed by atoms with Gasteiger partial charge in [0.25, 0.3) is 5.91 Å². The van der Waals surface area contributed by atoms with Crippen LogP contribution in [0.4, 0.5) is 4.39 Å². The van der Waals surface area contributed by atoms with E-state index >= 15 is 4.39 Å². The average molecular weight is 469 g/mol. The molecular formula is C27H33FN2O4. The maximum Gasteiger partial charge on any atom is 0.257 e. The molecule has 7 heteroatoms. The Morgan fingerprint density at radius 1 is 1.15 bits per heavy atom. The van der Waals surface area contributed by atoms with Gasteiger partial charge in [-0.15, -0.1) is 0 Å². The summed E-state index contributed by atoms with van der Waals surface area (Å²) in [6.07, 6.45) is 7.18. The molecule has 0 radical (unpaired) electrons. The van der Waals surface area contributed by atoms with Crippen LogP contribution in [0.1, 0.15) is 79.6 Å². The predicted molar refractivity (Wildman–Crippen MR) is 121 cm³/mol. The Balaban J connectivity index is 1.26. The van der Waals surface area contributed by atoms with Gasteiger partial charge in [-0.1, -0.05) is 0 Å². The van der Waals surface area contributed by atoms with Crippen LogP contribution < -0.4 is 4.74 Å². The molecule has 7 rings (SSSR count). The van der Waals surface area contributed by atoms with Gasteiger partial charge in [0.1, 0.15) is 18.2 Å². The summed E-state index contributed by atoms with van der Waals surface area (Å²) in [7, 11) is 0. The summed E-state index contributed by atoms with van der Waals surface area (Å²) in [5, 5.41) is 29.6. The van der Waals surface area contributed by atoms with Crippen LogP contribution in [-0.2, 0) is 0 Å². The molecule has 34 heavy (non-hydrogen) atoms. The van der Waals surface area contributed by atoms with Gasteiger partial charge in [0.05, 0.1) is 23.1 Å². The Hall–Kier alpha value is -2.17. The maximum absolute atomic E-state index is 15.3. The lowest BCUT2D eigenvalue weighted by Gasteiger charge is -2.58. The lowest BCUT2D eigenvalue weighted by Crippen LogP contribution is -2.54. The third kappa shape index (κ3) is 3.53. The van der Waals surface area contributed by atoms with Crippen LogP contribution in [-0.4, -0.2) is 46.5 Å². The molecule has 6 nitrogen and oxygen atoms in total. The van der Waals surface area contributed by atoms with E-state index in [1.54, 1.807) is 6.07 Å². The molecule has 6 aliphatic rings. The van der Waals surface area contributed by atoms with Crippen molar-refractivity contribution in [3.8, 4) is 11.8 Å². The number of halogens is 1. The molecule has 0 aromatic heterocycles. The van der Waals surface area contributed by atoms with Gasteiger partial charge in [0, 0.05) is 12.6 Å². The number of ether oxygens (including phenoxy) is 1. The number of likely N-dealkylation sites (tertiary alicyclic amines) is 1. The van der Waals surface area contributed by atoms with Crippen molar-refractivity contribution in [1.82, 2.24) is 4.90 Å². The van der Waals surface area contributed by atoms with Gasteiger partial charge < -0.3 is 19.8 Å². The Bertz CT molecular complexity index is 1000. The van der Waals surface area contributed by atoms with Crippen molar-refractivity contribution in [2.75, 3.05) is 13.2 Å². The number of aliphatic hydroxyl groups excluding tert-OH is 1. The summed E-state index contributed by atoms with van der Waals surface area (Å²) >= 11 is 0. The van der Waals surface area contributed by atoms with Gasteiger partial charge in [-0.2, -0.15) is 5.26 Å². The van der Waals surface area contributed by atoms with Gasteiger partial charge in [0.15, 0.2) is 6.29 Å². The molecule has 1 aromatic carbocycles. The van der Waals surface area contributed by atoms with Crippen molar-refractivity contribution < 1.29 is 24.1 Å². The molecular weight excluding hydrogens is 435 g/mol. The molecule has 1 saturated heterocycles. The quantitative estimate of drug-likeness (QED) is 0.617. The first kappa shape index (κ1) is 22.3. The number of nitrogens with zero attached hydrogens (tertiary/aromatic N) is 2. The number of hydrogen-bond acceptors (Lipinski definition) is 5. The first-order valence-corrected chi connectivity index (χ1v) is 12.9. The minimum atomic E-state index is -1.64. The first-order valence-electron chi connectivity index (χ1n) is 12.9. The normalized spacial score (nSPS) is 36.2. The van der Waals surface area contributed by atoms with Gasteiger partial charge in [-0.05, 0) is 99.0 Å². The summed E-state index contributed by atoms with van der Waals surface area (Å²) < 4.78 is 21.6. The summed E-state index contributed by atoms with van der Waals surface area (Å²) in [6, 6.07) is 4.89. The summed E-state index contributed by atoms with van der Waals surface area (Å²) in [5.41, 5.74) is 0.299. The second-order valence-corrected chi connectivity index (χ2v) is 11.5. The number of rotatable bonds is 6. The number of nitriles is 1. The van der Waals surface area contributed by atoms with Crippen molar-refractivity contribution in [2.45, 2.75) is 76.0 Å². The fraction of sp³-hybridized carbons (Fsp3) is 0.704. The standard InChI is InChI=1S/C27H33FN2O4/c28-22-12-24(34-14-27(13-29)18-7-15-6-16(9-18)10-19(27)8-15)20(17-3-4-17)11-21(22)25(31)30-5-1-2-23(30)26(32)33/h11-12,15-19,23,26,32-33H,1-10,14H2/t15?,16?,18?,19?,23-,27?/m0/s1. The Kier molecular flexibility index (Phi) is 5.38. The Morgan fingerprint density at radius 3 is 2.41 bits per heavy atom. The Morgan fingerprint density at radius 2 is 1.82 bits per heavy atom. The highest BCUT2D eigenvalue weighted by atomic mass is 19.1. The SMILES string of the molecule is N#CC1(COc2cc(F)c(C(=O)N3CCC[C@H]3C(O)O)cc2C2CC2)C2CC3CC(C2)CC1C3. The molecule has 5 aliphatic carbocycles. The molecule has 1 aromatic rings. The zero-order chi connectivity index (χ0) is 23.6. The van der Waals surface area contributed by atoms with E-state index in [1.165, 1.54) is 17.4 Å². The van der Waals surface area contributed by atoms with Gasteiger partial charge in [-0.3, -0.25) is 4.79 Å². The van der Waals surface area contributed by atoms with Crippen LogP contribution in [0.15, 0.2) is 12.1 Å². The third-order valence-corrected chi connectivity index (χ3v) is 9.52. The smallest absolute Gasteiger partial charge is 0.257 e. The number of hydrogen-bond donors (Lipinski definition) is 2. The van der Waals surface area contributed by atoms with Crippen molar-refractivity contribution in [3.63, 3.8) is 0 Å². The molecule has 1 aliphatic heterocycles. The molecule has 1 amide bonds. The second kappa shape index (κ2) is 8.20. The average Bonchev–Trinajstić information content (AvgIpc) is 3.53. The minimum absolute atomic E-state index is 0.0357. The topological polar surface area (TPSA) is 93.8 Å². The largest absolute Gasteiger partial charge is 0.491 e. The van der Waals surface area contributed by atoms with E-state index in [0.29, 0.717) is 37.0 Å². The van der Waals surface area contributed by atoms with E-state index in [-0.39, 0.29) is 18.1 Å². The maximum atomic E-state index is 15.3. The van der Waals surface area contributed by atoms with Gasteiger partial charge in [0.2, 0.25) is 0 Å². The van der Waals surface area contributed by atoms with Crippen LogP contribution in [0.25, 0.3) is 0 Å². The third-order valence-electron chi connectivity index (χ3n) is 9.52. The molecule has 0 unspecified atom stereocenters. The zero-order valence-electron chi connectivity index (χ0n) is 19.5. The molecule has 1 atom stereocenters. The first-order chi connectivity index (χ1) is 16.4. The number of carbonyl (C=O) groups excluding carboxylic acids is 1. The predicted octanol–water partition coefficient (Wildman–Crippen LogP) is 3.96. The number of aliphatic hydroxyl groups is 2. The molecule has 2 N–H and O–H groups in total. The molecule has 6 fully saturated rings. The van der Waals surface area contributed by atoms with Crippen molar-refractivity contribution in [1.29, 1.82) is 5.26 Å². The Labute approximate surface area is 199 Å². The van der Waals surface area contributed by atoms with E-state index in [9.17, 15) is 20.3 Å². The van der Waals surface area contributed by atoms with Crippen LogP contribution in [0.5, 0.6) is 5.75 Å². The number of amides is 1. The molecule has 182 valence electrons. The highest BCUT2D eigenvalue weighted by Gasteiger charge is 2.58. The van der Waals surface area contributed by atoms with Gasteiger partial charge >= 0.3 is 0 Å². The number of carbonyl (C=O) groups is 1. The van der Waals surface area contributed by atoms with Crippen LogP contribution in [0.2, 0.25) is 0 Å². The monoisotopic (exact) mass is 468 g/mol. The highest BCUT2D eigenvalue weighted by molar-refractivity contribution is 5.95. The zero-order valence-corrected chi connectivity index (χ0v) is 19.5. The molecule has 1 heterocycles. The fourth-order valence-corrected chi connectivity index (χ4v) is 7.76. The van der Waals surface area contributed by atoms with Crippen molar-refractivity contribution in [2.24, 2.45) is 29.1 Å². The molecule has 4 bridgehead atoms. The van der Waals surface area contributed by atoms with E-state index in [4.69, 9.17) is 4.74 Å². The summed E-state index contributed by atoms with van der Waals surface area (Å²) in [5.74, 6) is 1.76. The second-order valence-electron chi connectivity index (χ2n) is 11.5. The van der Waals surface area contributed by atoms with E-state index < -0.39 is 29.5 Å².